The van der Waals surface area contributed by atoms with Crippen molar-refractivity contribution in [3.63, 3.8) is 0 Å². The Kier molecular flexibility index (Phi) is 4.74. The molecule has 148 valence electrons. The molecule has 11 heteroatoms. The number of amides is 1. The zero-order chi connectivity index (χ0) is 20.6. The Hall–Kier alpha value is -3.34. The van der Waals surface area contributed by atoms with E-state index in [-0.39, 0.29) is 18.0 Å². The number of alkyl halides is 3. The summed E-state index contributed by atoms with van der Waals surface area (Å²) in [5.74, 6) is -1.98. The molecule has 3 aromatic heterocycles. The van der Waals surface area contributed by atoms with Crippen LogP contribution in [0.5, 0.6) is 0 Å². The molecule has 0 fully saturated rings. The van der Waals surface area contributed by atoms with Gasteiger partial charge >= 0.3 is 6.18 Å². The van der Waals surface area contributed by atoms with Crippen LogP contribution in [0.2, 0.25) is 0 Å². The maximum atomic E-state index is 13.5. The van der Waals surface area contributed by atoms with E-state index in [1.807, 2.05) is 0 Å². The van der Waals surface area contributed by atoms with Crippen molar-refractivity contribution in [1.29, 1.82) is 0 Å². The number of aromatic nitrogens is 4. The van der Waals surface area contributed by atoms with E-state index in [0.717, 1.165) is 6.07 Å². The zero-order valence-corrected chi connectivity index (χ0v) is 15.3. The average molecular weight is 421 g/mol. The van der Waals surface area contributed by atoms with Gasteiger partial charge in [-0.05, 0) is 35.2 Å². The minimum atomic E-state index is -4.72. The van der Waals surface area contributed by atoms with Gasteiger partial charge in [0.2, 0.25) is 5.82 Å². The van der Waals surface area contributed by atoms with Gasteiger partial charge in [-0.15, -0.1) is 16.4 Å². The van der Waals surface area contributed by atoms with Crippen molar-refractivity contribution in [2.24, 2.45) is 0 Å². The maximum Gasteiger partial charge on any atom is 0.433 e. The molecule has 29 heavy (non-hydrogen) atoms. The second kappa shape index (κ2) is 7.24. The first-order chi connectivity index (χ1) is 13.8. The second-order valence-corrected chi connectivity index (χ2v) is 6.91. The van der Waals surface area contributed by atoms with Gasteiger partial charge in [0.15, 0.2) is 5.69 Å². The van der Waals surface area contributed by atoms with Crippen LogP contribution in [0.1, 0.15) is 21.9 Å². The summed E-state index contributed by atoms with van der Waals surface area (Å²) < 4.78 is 54.0. The van der Waals surface area contributed by atoms with E-state index in [9.17, 15) is 22.4 Å². The van der Waals surface area contributed by atoms with Gasteiger partial charge in [-0.1, -0.05) is 18.2 Å². The lowest BCUT2D eigenvalue weighted by Crippen LogP contribution is -2.24. The van der Waals surface area contributed by atoms with E-state index < -0.39 is 29.4 Å². The van der Waals surface area contributed by atoms with Crippen LogP contribution in [0, 0.1) is 5.82 Å². The highest BCUT2D eigenvalue weighted by molar-refractivity contribution is 7.13. The molecule has 1 N–H and O–H groups in total. The quantitative estimate of drug-likeness (QED) is 0.507. The number of hydrogen-bond acceptors (Lipinski definition) is 5. The number of rotatable bonds is 4. The van der Waals surface area contributed by atoms with E-state index in [1.54, 1.807) is 17.5 Å². The van der Waals surface area contributed by atoms with Crippen LogP contribution in [0.15, 0.2) is 47.8 Å². The first kappa shape index (κ1) is 19.0. The van der Waals surface area contributed by atoms with Crippen molar-refractivity contribution in [3.05, 3.63) is 70.7 Å². The number of carbonyl (C=O) groups is 1. The van der Waals surface area contributed by atoms with Gasteiger partial charge < -0.3 is 5.32 Å². The predicted octanol–water partition coefficient (Wildman–Crippen LogP) is 3.94. The van der Waals surface area contributed by atoms with Crippen LogP contribution < -0.4 is 5.32 Å². The van der Waals surface area contributed by atoms with E-state index in [1.165, 1.54) is 35.6 Å². The number of hydrogen-bond donors (Lipinski definition) is 1. The summed E-state index contributed by atoms with van der Waals surface area (Å²) in [6.07, 6.45) is -4.72. The molecule has 0 saturated heterocycles. The SMILES string of the molecule is O=C(NCc1ccc(F)cc1)c1nc2nc(-c3cccs3)cc(C(F)(F)F)n2n1. The van der Waals surface area contributed by atoms with E-state index in [2.05, 4.69) is 20.4 Å². The third-order valence-corrected chi connectivity index (χ3v) is 4.84. The molecule has 6 nitrogen and oxygen atoms in total. The fourth-order valence-corrected chi connectivity index (χ4v) is 3.27. The summed E-state index contributed by atoms with van der Waals surface area (Å²) in [4.78, 5) is 20.8. The van der Waals surface area contributed by atoms with Gasteiger partial charge in [0.25, 0.3) is 11.7 Å². The maximum absolute atomic E-state index is 13.5. The summed E-state index contributed by atoms with van der Waals surface area (Å²) in [6.45, 7) is 0.0364. The zero-order valence-electron chi connectivity index (χ0n) is 14.4. The lowest BCUT2D eigenvalue weighted by molar-refractivity contribution is -0.142. The smallest absolute Gasteiger partial charge is 0.345 e. The predicted molar refractivity (Wildman–Crippen MR) is 96.7 cm³/mol. The third-order valence-electron chi connectivity index (χ3n) is 3.95. The Morgan fingerprint density at radius 1 is 1.14 bits per heavy atom. The Labute approximate surface area is 164 Å². The molecule has 0 saturated carbocycles. The summed E-state index contributed by atoms with van der Waals surface area (Å²) in [6, 6.07) is 9.61. The average Bonchev–Trinajstić information content (AvgIpc) is 3.35. The molecular weight excluding hydrogens is 410 g/mol. The summed E-state index contributed by atoms with van der Waals surface area (Å²) >= 11 is 1.23. The van der Waals surface area contributed by atoms with Crippen LogP contribution in [0.4, 0.5) is 17.6 Å². The molecule has 1 amide bonds. The van der Waals surface area contributed by atoms with E-state index in [4.69, 9.17) is 0 Å². The Morgan fingerprint density at radius 3 is 2.55 bits per heavy atom. The fraction of sp³-hybridized carbons (Fsp3) is 0.111. The van der Waals surface area contributed by atoms with E-state index >= 15 is 0 Å². The second-order valence-electron chi connectivity index (χ2n) is 5.96. The van der Waals surface area contributed by atoms with Crippen LogP contribution in [0.3, 0.4) is 0 Å². The highest BCUT2D eigenvalue weighted by Crippen LogP contribution is 2.33. The molecule has 0 aliphatic rings. The topological polar surface area (TPSA) is 72.2 Å². The normalized spacial score (nSPS) is 11.7. The number of nitrogens with zero attached hydrogens (tertiary/aromatic N) is 4. The molecule has 1 aromatic carbocycles. The van der Waals surface area contributed by atoms with Crippen molar-refractivity contribution < 1.29 is 22.4 Å². The van der Waals surface area contributed by atoms with Gasteiger partial charge in [0.05, 0.1) is 10.6 Å². The number of carbonyl (C=O) groups excluding carboxylic acids is 1. The molecule has 0 spiro atoms. The first-order valence-electron chi connectivity index (χ1n) is 8.23. The monoisotopic (exact) mass is 421 g/mol. The molecule has 0 unspecified atom stereocenters. The minimum absolute atomic E-state index is 0.0364. The van der Waals surface area contributed by atoms with Crippen molar-refractivity contribution in [3.8, 4) is 10.6 Å². The highest BCUT2D eigenvalue weighted by Gasteiger charge is 2.36. The molecule has 0 aliphatic heterocycles. The number of halogens is 4. The number of benzene rings is 1. The number of nitrogens with one attached hydrogen (secondary N) is 1. The van der Waals surface area contributed by atoms with Gasteiger partial charge in [-0.2, -0.15) is 22.7 Å². The van der Waals surface area contributed by atoms with Gasteiger partial charge in [0, 0.05) is 6.54 Å². The number of fused-ring (bicyclic) bond motifs is 1. The summed E-state index contributed by atoms with van der Waals surface area (Å²) in [7, 11) is 0. The van der Waals surface area contributed by atoms with Crippen LogP contribution >= 0.6 is 11.3 Å². The van der Waals surface area contributed by atoms with E-state index in [0.29, 0.717) is 15.0 Å². The minimum Gasteiger partial charge on any atom is -0.345 e. The van der Waals surface area contributed by atoms with Gasteiger partial charge in [-0.25, -0.2) is 9.37 Å². The highest BCUT2D eigenvalue weighted by atomic mass is 32.1. The lowest BCUT2D eigenvalue weighted by atomic mass is 10.2. The molecular formula is C18H11F4N5OS. The van der Waals surface area contributed by atoms with Crippen LogP contribution in [0.25, 0.3) is 16.3 Å². The Morgan fingerprint density at radius 2 is 1.90 bits per heavy atom. The van der Waals surface area contributed by atoms with Crippen LogP contribution in [-0.2, 0) is 12.7 Å². The molecule has 4 rings (SSSR count). The molecule has 3 heterocycles. The first-order valence-corrected chi connectivity index (χ1v) is 9.11. The van der Waals surface area contributed by atoms with Crippen molar-refractivity contribution in [2.75, 3.05) is 0 Å². The third kappa shape index (κ3) is 3.94. The summed E-state index contributed by atoms with van der Waals surface area (Å²) in [5, 5.41) is 7.89. The Balaban J connectivity index is 1.67. The number of thiophene rings is 1. The van der Waals surface area contributed by atoms with Gasteiger partial charge in [-0.3, -0.25) is 4.79 Å². The van der Waals surface area contributed by atoms with Crippen LogP contribution in [-0.4, -0.2) is 25.5 Å². The fourth-order valence-electron chi connectivity index (χ4n) is 2.58. The molecule has 0 radical (unpaired) electrons. The van der Waals surface area contributed by atoms with Crippen molar-refractivity contribution in [2.45, 2.75) is 12.7 Å². The standard InChI is InChI=1S/C18H11F4N5OS/c19-11-5-3-10(4-6-11)9-23-16(28)15-25-17-24-12(13-2-1-7-29-13)8-14(18(20,21)22)27(17)26-15/h1-8H,9H2,(H,23,28). The Bertz CT molecular complexity index is 1170. The molecule has 4 aromatic rings. The van der Waals surface area contributed by atoms with Crippen molar-refractivity contribution >= 4 is 23.0 Å². The van der Waals surface area contributed by atoms with Gasteiger partial charge in [0.1, 0.15) is 5.82 Å². The molecule has 0 aliphatic carbocycles. The lowest BCUT2D eigenvalue weighted by Gasteiger charge is -2.09. The van der Waals surface area contributed by atoms with Crippen molar-refractivity contribution in [1.82, 2.24) is 24.9 Å². The summed E-state index contributed by atoms with van der Waals surface area (Å²) in [5.41, 5.74) is -0.390. The molecule has 0 atom stereocenters. The molecule has 0 bridgehead atoms. The largest absolute Gasteiger partial charge is 0.433 e.